The number of imidazole rings is 1. The summed E-state index contributed by atoms with van der Waals surface area (Å²) in [5.41, 5.74) is 6.50. The number of nitrogens with zero attached hydrogens (tertiary/aromatic N) is 7. The van der Waals surface area contributed by atoms with Gasteiger partial charge >= 0.3 is 5.69 Å². The number of nitrogens with one attached hydrogen (secondary N) is 1. The van der Waals surface area contributed by atoms with Crippen molar-refractivity contribution in [3.05, 3.63) is 128 Å². The first-order chi connectivity index (χ1) is 25.0. The van der Waals surface area contributed by atoms with Crippen LogP contribution in [0.25, 0.3) is 17.1 Å². The average Bonchev–Trinajstić information content (AvgIpc) is 3.39. The molecule has 3 aliphatic heterocycles. The van der Waals surface area contributed by atoms with Crippen LogP contribution >= 0.6 is 15.9 Å². The Morgan fingerprint density at radius 3 is 2.40 bits per heavy atom. The molecule has 52 heavy (non-hydrogen) atoms. The SMILES string of the molecule is Cc1ccnc(-c2ccccc2CNC(=O)c2c3n(c(=O)n2-c2ccc(N4CC5(CN(C)C5)C4)cc2)C[C@@H](C)N(C(=O)c2ccc(Br)c(C)c2)C3)n1. The summed E-state index contributed by atoms with van der Waals surface area (Å²) in [6, 6.07) is 22.7. The number of aryl methyl sites for hydroxylation is 2. The molecule has 0 aliphatic carbocycles. The van der Waals surface area contributed by atoms with Gasteiger partial charge in [-0.2, -0.15) is 0 Å². The summed E-state index contributed by atoms with van der Waals surface area (Å²) in [4.78, 5) is 58.2. The van der Waals surface area contributed by atoms with Crippen molar-refractivity contribution in [2.45, 2.75) is 46.4 Å². The van der Waals surface area contributed by atoms with Crippen molar-refractivity contribution in [3.8, 4) is 17.1 Å². The second-order valence-corrected chi connectivity index (χ2v) is 15.5. The normalized spacial score (nSPS) is 17.8. The van der Waals surface area contributed by atoms with E-state index in [1.165, 1.54) is 4.57 Å². The third-order valence-electron chi connectivity index (χ3n) is 10.7. The molecule has 2 saturated heterocycles. The van der Waals surface area contributed by atoms with Crippen LogP contribution in [0.1, 0.15) is 50.3 Å². The molecule has 2 fully saturated rings. The molecule has 3 aromatic carbocycles. The van der Waals surface area contributed by atoms with Crippen LogP contribution < -0.4 is 15.9 Å². The lowest BCUT2D eigenvalue weighted by Gasteiger charge is -2.60. The third kappa shape index (κ3) is 6.03. The Hall–Kier alpha value is -5.07. The monoisotopic (exact) mass is 760 g/mol. The highest BCUT2D eigenvalue weighted by molar-refractivity contribution is 9.10. The maximum absolute atomic E-state index is 14.4. The maximum Gasteiger partial charge on any atom is 0.333 e. The van der Waals surface area contributed by atoms with E-state index in [-0.39, 0.29) is 43.0 Å². The number of carbonyl (C=O) groups excluding carboxylic acids is 2. The number of carbonyl (C=O) groups is 2. The predicted molar refractivity (Wildman–Crippen MR) is 204 cm³/mol. The molecule has 1 N–H and O–H groups in total. The second kappa shape index (κ2) is 13.2. The minimum absolute atomic E-state index is 0.107. The number of benzene rings is 3. The zero-order valence-electron chi connectivity index (χ0n) is 29.8. The largest absolute Gasteiger partial charge is 0.370 e. The number of aromatic nitrogens is 4. The number of rotatable bonds is 7. The average molecular weight is 762 g/mol. The molecule has 3 aliphatic rings. The molecule has 5 aromatic rings. The lowest BCUT2D eigenvalue weighted by Crippen LogP contribution is -2.71. The van der Waals surface area contributed by atoms with Crippen LogP contribution in [-0.2, 0) is 19.6 Å². The summed E-state index contributed by atoms with van der Waals surface area (Å²) >= 11 is 3.53. The van der Waals surface area contributed by atoms with E-state index in [0.717, 1.165) is 58.7 Å². The number of amides is 2. The topological polar surface area (TPSA) is 109 Å². The Kier molecular flexibility index (Phi) is 8.62. The molecule has 0 bridgehead atoms. The smallest absolute Gasteiger partial charge is 0.333 e. The second-order valence-electron chi connectivity index (χ2n) is 14.7. The summed E-state index contributed by atoms with van der Waals surface area (Å²) in [5, 5.41) is 3.10. The van der Waals surface area contributed by atoms with Crippen molar-refractivity contribution in [1.82, 2.24) is 34.2 Å². The van der Waals surface area contributed by atoms with E-state index < -0.39 is 5.91 Å². The molecule has 12 heteroatoms. The molecule has 2 amide bonds. The predicted octanol–water partition coefficient (Wildman–Crippen LogP) is 5.20. The van der Waals surface area contributed by atoms with E-state index in [4.69, 9.17) is 0 Å². The highest BCUT2D eigenvalue weighted by atomic mass is 79.9. The molecule has 8 rings (SSSR count). The van der Waals surface area contributed by atoms with Crippen molar-refractivity contribution in [1.29, 1.82) is 0 Å². The van der Waals surface area contributed by atoms with Crippen molar-refractivity contribution >= 4 is 33.4 Å². The number of hydrogen-bond donors (Lipinski definition) is 1. The third-order valence-corrected chi connectivity index (χ3v) is 11.5. The molecule has 0 unspecified atom stereocenters. The molecule has 0 radical (unpaired) electrons. The summed E-state index contributed by atoms with van der Waals surface area (Å²) in [7, 11) is 2.15. The van der Waals surface area contributed by atoms with Crippen LogP contribution in [0.4, 0.5) is 5.69 Å². The molecule has 266 valence electrons. The number of likely N-dealkylation sites (tertiary alicyclic amines) is 1. The van der Waals surface area contributed by atoms with Gasteiger partial charge in [0.2, 0.25) is 0 Å². The number of hydrogen-bond acceptors (Lipinski definition) is 7. The standard InChI is InChI=1S/C40H41BrN8O3/c1-25-17-28(9-14-33(25)41)38(51)47-20-34-35(37(50)43-18-29-7-5-6-8-32(29)36-42-16-15-26(2)44-36)49(39(52)48(34)19-27(47)3)31-12-10-30(11-13-31)46-23-40(24-46)21-45(4)22-40/h5-17,27H,18-24H2,1-4H3,(H,43,50)/t27-/m1/s1. The van der Waals surface area contributed by atoms with E-state index in [2.05, 4.69) is 48.1 Å². The summed E-state index contributed by atoms with van der Waals surface area (Å²) in [6.07, 6.45) is 1.72. The van der Waals surface area contributed by atoms with Gasteiger partial charge in [0.1, 0.15) is 5.69 Å². The Balaban J connectivity index is 1.14. The fraction of sp³-hybridized carbons (Fsp3) is 0.325. The number of fused-ring (bicyclic) bond motifs is 1. The molecule has 2 aromatic heterocycles. The van der Waals surface area contributed by atoms with Gasteiger partial charge in [-0.3, -0.25) is 18.7 Å². The summed E-state index contributed by atoms with van der Waals surface area (Å²) in [6.45, 7) is 10.6. The molecular formula is C40H41BrN8O3. The van der Waals surface area contributed by atoms with Gasteiger partial charge < -0.3 is 20.0 Å². The van der Waals surface area contributed by atoms with Crippen LogP contribution in [0.15, 0.2) is 88.3 Å². The molecule has 5 heterocycles. The van der Waals surface area contributed by atoms with Crippen LogP contribution in [0.5, 0.6) is 0 Å². The van der Waals surface area contributed by atoms with E-state index in [1.54, 1.807) is 21.7 Å². The van der Waals surface area contributed by atoms with Gasteiger partial charge in [0.25, 0.3) is 11.8 Å². The van der Waals surface area contributed by atoms with Crippen molar-refractivity contribution < 1.29 is 9.59 Å². The van der Waals surface area contributed by atoms with Gasteiger partial charge in [-0.05, 0) is 87.5 Å². The first kappa shape index (κ1) is 34.0. The molecule has 1 atom stereocenters. The van der Waals surface area contributed by atoms with Gasteiger partial charge in [0, 0.05) is 83.9 Å². The number of anilines is 1. The zero-order chi connectivity index (χ0) is 36.3. The van der Waals surface area contributed by atoms with Crippen molar-refractivity contribution in [2.24, 2.45) is 5.41 Å². The van der Waals surface area contributed by atoms with Crippen molar-refractivity contribution in [2.75, 3.05) is 38.1 Å². The Morgan fingerprint density at radius 2 is 1.69 bits per heavy atom. The lowest BCUT2D eigenvalue weighted by molar-refractivity contribution is -0.00238. The number of halogens is 1. The fourth-order valence-electron chi connectivity index (χ4n) is 8.09. The van der Waals surface area contributed by atoms with Gasteiger partial charge in [0.15, 0.2) is 5.82 Å². The van der Waals surface area contributed by atoms with Crippen LogP contribution in [-0.4, -0.2) is 80.0 Å². The van der Waals surface area contributed by atoms with Gasteiger partial charge in [0.05, 0.1) is 17.9 Å². The van der Waals surface area contributed by atoms with E-state index in [1.807, 2.05) is 87.5 Å². The Labute approximate surface area is 311 Å². The highest BCUT2D eigenvalue weighted by Crippen LogP contribution is 2.41. The maximum atomic E-state index is 14.4. The van der Waals surface area contributed by atoms with Crippen LogP contribution in [0, 0.1) is 19.3 Å². The first-order valence-electron chi connectivity index (χ1n) is 17.6. The van der Waals surface area contributed by atoms with Gasteiger partial charge in [-0.1, -0.05) is 40.2 Å². The van der Waals surface area contributed by atoms with E-state index in [9.17, 15) is 14.4 Å². The quantitative estimate of drug-likeness (QED) is 0.243. The fourth-order valence-corrected chi connectivity index (χ4v) is 8.34. The van der Waals surface area contributed by atoms with Crippen molar-refractivity contribution in [3.63, 3.8) is 0 Å². The van der Waals surface area contributed by atoms with E-state index >= 15 is 0 Å². The minimum atomic E-state index is -0.407. The highest BCUT2D eigenvalue weighted by Gasteiger charge is 2.50. The zero-order valence-corrected chi connectivity index (χ0v) is 31.4. The van der Waals surface area contributed by atoms with Gasteiger partial charge in [-0.15, -0.1) is 0 Å². The minimum Gasteiger partial charge on any atom is -0.370 e. The van der Waals surface area contributed by atoms with Crippen LogP contribution in [0.3, 0.4) is 0 Å². The summed E-state index contributed by atoms with van der Waals surface area (Å²) < 4.78 is 4.09. The molecule has 11 nitrogen and oxygen atoms in total. The molecule has 0 saturated carbocycles. The summed E-state index contributed by atoms with van der Waals surface area (Å²) in [5.74, 6) is 0.0179. The molecule has 1 spiro atoms. The van der Waals surface area contributed by atoms with E-state index in [0.29, 0.717) is 28.2 Å². The van der Waals surface area contributed by atoms with Crippen LogP contribution in [0.2, 0.25) is 0 Å². The molecular weight excluding hydrogens is 720 g/mol. The first-order valence-corrected chi connectivity index (χ1v) is 18.4. The van der Waals surface area contributed by atoms with Gasteiger partial charge in [-0.25, -0.2) is 14.8 Å². The Bertz CT molecular complexity index is 2270. The Morgan fingerprint density at radius 1 is 0.962 bits per heavy atom. The lowest BCUT2D eigenvalue weighted by atomic mass is 9.73.